The normalized spacial score (nSPS) is 12.0. The van der Waals surface area contributed by atoms with Gasteiger partial charge < -0.3 is 0 Å². The first-order chi connectivity index (χ1) is 9.47. The molecule has 102 valence electrons. The molecular formula is C15H11F3N2. The highest BCUT2D eigenvalue weighted by Gasteiger charge is 2.30. The van der Waals surface area contributed by atoms with Gasteiger partial charge in [0.15, 0.2) is 0 Å². The number of imidazole rings is 1. The number of halogens is 3. The molecule has 1 aromatic carbocycles. The number of aromatic nitrogens is 2. The van der Waals surface area contributed by atoms with Crippen molar-refractivity contribution < 1.29 is 13.2 Å². The van der Waals surface area contributed by atoms with E-state index < -0.39 is 11.7 Å². The SMILES string of the molecule is Cc1cccc2cnc(-c3cccc(C(F)(F)F)c3)n12. The smallest absolute Gasteiger partial charge is 0.297 e. The minimum atomic E-state index is -4.35. The predicted octanol–water partition coefficient (Wildman–Crippen LogP) is 4.33. The van der Waals surface area contributed by atoms with Gasteiger partial charge in [0, 0.05) is 11.3 Å². The van der Waals surface area contributed by atoms with E-state index in [1.807, 2.05) is 29.5 Å². The average Bonchev–Trinajstić information content (AvgIpc) is 2.83. The van der Waals surface area contributed by atoms with E-state index >= 15 is 0 Å². The average molecular weight is 276 g/mol. The summed E-state index contributed by atoms with van der Waals surface area (Å²) in [5.41, 5.74) is 1.57. The Hall–Kier alpha value is -2.30. The maximum Gasteiger partial charge on any atom is 0.416 e. The van der Waals surface area contributed by atoms with Crippen LogP contribution in [0.1, 0.15) is 11.3 Å². The summed E-state index contributed by atoms with van der Waals surface area (Å²) in [6.45, 7) is 1.89. The van der Waals surface area contributed by atoms with Crippen LogP contribution in [0.4, 0.5) is 13.2 Å². The molecule has 2 nitrogen and oxygen atoms in total. The van der Waals surface area contributed by atoms with Crippen molar-refractivity contribution >= 4 is 5.52 Å². The first-order valence-corrected chi connectivity index (χ1v) is 6.07. The summed E-state index contributed by atoms with van der Waals surface area (Å²) < 4.78 is 40.2. The van der Waals surface area contributed by atoms with Crippen molar-refractivity contribution in [2.45, 2.75) is 13.1 Å². The lowest BCUT2D eigenvalue weighted by Crippen LogP contribution is -2.05. The molecule has 3 rings (SSSR count). The van der Waals surface area contributed by atoms with E-state index in [0.29, 0.717) is 11.4 Å². The van der Waals surface area contributed by atoms with Gasteiger partial charge in [-0.15, -0.1) is 0 Å². The molecule has 0 fully saturated rings. The fourth-order valence-corrected chi connectivity index (χ4v) is 2.25. The number of aryl methyl sites for hydroxylation is 1. The Labute approximate surface area is 113 Å². The van der Waals surface area contributed by atoms with Gasteiger partial charge in [-0.1, -0.05) is 18.2 Å². The molecule has 0 saturated heterocycles. The van der Waals surface area contributed by atoms with Crippen LogP contribution in [0.15, 0.2) is 48.7 Å². The fourth-order valence-electron chi connectivity index (χ4n) is 2.25. The second-order valence-corrected chi connectivity index (χ2v) is 4.59. The minimum absolute atomic E-state index is 0.453. The van der Waals surface area contributed by atoms with Crippen molar-refractivity contribution in [3.63, 3.8) is 0 Å². The van der Waals surface area contributed by atoms with Gasteiger partial charge in [-0.3, -0.25) is 4.40 Å². The zero-order chi connectivity index (χ0) is 14.3. The van der Waals surface area contributed by atoms with Crippen molar-refractivity contribution in [3.8, 4) is 11.4 Å². The molecule has 0 aliphatic heterocycles. The summed E-state index contributed by atoms with van der Waals surface area (Å²) in [6, 6.07) is 10.9. The first kappa shape index (κ1) is 12.7. The van der Waals surface area contributed by atoms with E-state index in [0.717, 1.165) is 23.3 Å². The summed E-state index contributed by atoms with van der Waals surface area (Å²) in [6.07, 6.45) is -2.69. The molecule has 0 atom stereocenters. The summed E-state index contributed by atoms with van der Waals surface area (Å²) >= 11 is 0. The van der Waals surface area contributed by atoms with Gasteiger partial charge in [-0.05, 0) is 31.2 Å². The van der Waals surface area contributed by atoms with Crippen LogP contribution in [0.2, 0.25) is 0 Å². The number of pyridine rings is 1. The standard InChI is InChI=1S/C15H11F3N2/c1-10-4-2-7-13-9-19-14(20(10)13)11-5-3-6-12(8-11)15(16,17)18/h2-9H,1H3. The van der Waals surface area contributed by atoms with Gasteiger partial charge >= 0.3 is 6.18 Å². The van der Waals surface area contributed by atoms with Crippen LogP contribution in [0.3, 0.4) is 0 Å². The second-order valence-electron chi connectivity index (χ2n) is 4.59. The number of alkyl halides is 3. The molecule has 20 heavy (non-hydrogen) atoms. The molecule has 0 amide bonds. The largest absolute Gasteiger partial charge is 0.416 e. The Balaban J connectivity index is 2.22. The Morgan fingerprint density at radius 1 is 1.05 bits per heavy atom. The highest BCUT2D eigenvalue weighted by Crippen LogP contribution is 2.32. The van der Waals surface area contributed by atoms with Crippen LogP contribution >= 0.6 is 0 Å². The van der Waals surface area contributed by atoms with Gasteiger partial charge in [0.25, 0.3) is 0 Å². The van der Waals surface area contributed by atoms with E-state index in [1.165, 1.54) is 6.07 Å². The van der Waals surface area contributed by atoms with Gasteiger partial charge in [0.05, 0.1) is 17.3 Å². The number of hydrogen-bond acceptors (Lipinski definition) is 1. The Morgan fingerprint density at radius 3 is 2.55 bits per heavy atom. The van der Waals surface area contributed by atoms with E-state index in [4.69, 9.17) is 0 Å². The van der Waals surface area contributed by atoms with Gasteiger partial charge in [0.1, 0.15) is 5.82 Å². The zero-order valence-corrected chi connectivity index (χ0v) is 10.6. The molecule has 2 heterocycles. The van der Waals surface area contributed by atoms with Crippen molar-refractivity contribution in [2.75, 3.05) is 0 Å². The molecule has 2 aromatic heterocycles. The first-order valence-electron chi connectivity index (χ1n) is 6.07. The number of rotatable bonds is 1. The van der Waals surface area contributed by atoms with Crippen LogP contribution in [-0.2, 0) is 6.18 Å². The molecule has 3 aromatic rings. The molecule has 5 heteroatoms. The maximum absolute atomic E-state index is 12.8. The van der Waals surface area contributed by atoms with Crippen molar-refractivity contribution in [1.82, 2.24) is 9.38 Å². The summed E-state index contributed by atoms with van der Waals surface area (Å²) in [5, 5.41) is 0. The van der Waals surface area contributed by atoms with E-state index in [1.54, 1.807) is 12.3 Å². The molecular weight excluding hydrogens is 265 g/mol. The monoisotopic (exact) mass is 276 g/mol. The Kier molecular flexibility index (Phi) is 2.78. The van der Waals surface area contributed by atoms with Gasteiger partial charge in [0.2, 0.25) is 0 Å². The zero-order valence-electron chi connectivity index (χ0n) is 10.6. The minimum Gasteiger partial charge on any atom is -0.297 e. The molecule has 0 radical (unpaired) electrons. The summed E-state index contributed by atoms with van der Waals surface area (Å²) in [4.78, 5) is 4.25. The molecule has 0 aliphatic rings. The Morgan fingerprint density at radius 2 is 1.80 bits per heavy atom. The lowest BCUT2D eigenvalue weighted by atomic mass is 10.1. The van der Waals surface area contributed by atoms with Crippen molar-refractivity contribution in [2.24, 2.45) is 0 Å². The molecule has 0 saturated carbocycles. The molecule has 0 spiro atoms. The fraction of sp³-hybridized carbons (Fsp3) is 0.133. The van der Waals surface area contributed by atoms with Gasteiger partial charge in [-0.2, -0.15) is 13.2 Å². The highest BCUT2D eigenvalue weighted by molar-refractivity contribution is 5.63. The van der Waals surface area contributed by atoms with Crippen molar-refractivity contribution in [1.29, 1.82) is 0 Å². The second kappa shape index (κ2) is 4.37. The predicted molar refractivity (Wildman–Crippen MR) is 70.4 cm³/mol. The van der Waals surface area contributed by atoms with Gasteiger partial charge in [-0.25, -0.2) is 4.98 Å². The van der Waals surface area contributed by atoms with Crippen LogP contribution < -0.4 is 0 Å². The van der Waals surface area contributed by atoms with E-state index in [-0.39, 0.29) is 0 Å². The van der Waals surface area contributed by atoms with Crippen LogP contribution in [0.5, 0.6) is 0 Å². The van der Waals surface area contributed by atoms with E-state index in [2.05, 4.69) is 4.98 Å². The maximum atomic E-state index is 12.8. The molecule has 0 unspecified atom stereocenters. The highest BCUT2D eigenvalue weighted by atomic mass is 19.4. The summed E-state index contributed by atoms with van der Waals surface area (Å²) in [7, 11) is 0. The van der Waals surface area contributed by atoms with Crippen LogP contribution in [0.25, 0.3) is 16.9 Å². The molecule has 0 N–H and O–H groups in total. The van der Waals surface area contributed by atoms with Crippen LogP contribution in [0, 0.1) is 6.92 Å². The number of nitrogens with zero attached hydrogens (tertiary/aromatic N) is 2. The third kappa shape index (κ3) is 2.05. The lowest BCUT2D eigenvalue weighted by molar-refractivity contribution is -0.137. The molecule has 0 aliphatic carbocycles. The van der Waals surface area contributed by atoms with E-state index in [9.17, 15) is 13.2 Å². The van der Waals surface area contributed by atoms with Crippen molar-refractivity contribution in [3.05, 3.63) is 59.9 Å². The molecule has 0 bridgehead atoms. The number of benzene rings is 1. The van der Waals surface area contributed by atoms with Crippen LogP contribution in [-0.4, -0.2) is 9.38 Å². The summed E-state index contributed by atoms with van der Waals surface area (Å²) in [5.74, 6) is 0.518. The number of fused-ring (bicyclic) bond motifs is 1. The lowest BCUT2D eigenvalue weighted by Gasteiger charge is -2.09. The Bertz CT molecular complexity index is 772. The number of hydrogen-bond donors (Lipinski definition) is 0. The third-order valence-corrected chi connectivity index (χ3v) is 3.19. The topological polar surface area (TPSA) is 17.3 Å². The third-order valence-electron chi connectivity index (χ3n) is 3.19. The quantitative estimate of drug-likeness (QED) is 0.646.